The summed E-state index contributed by atoms with van der Waals surface area (Å²) in [6, 6.07) is 0. The van der Waals surface area contributed by atoms with Crippen LogP contribution in [0.1, 0.15) is 23.0 Å². The molecule has 0 amide bonds. The van der Waals surface area contributed by atoms with Gasteiger partial charge in [0.1, 0.15) is 0 Å². The second-order valence-corrected chi connectivity index (χ2v) is 3.73. The smallest absolute Gasteiger partial charge is 0.349 e. The number of aromatic nitrogens is 1. The first kappa shape index (κ1) is 10.3. The first-order valence-electron chi connectivity index (χ1n) is 3.78. The van der Waals surface area contributed by atoms with Crippen LogP contribution in [0.3, 0.4) is 0 Å². The molecule has 1 heterocycles. The van der Waals surface area contributed by atoms with Crippen molar-refractivity contribution >= 4 is 34.0 Å². The van der Waals surface area contributed by atoms with E-state index in [-0.39, 0.29) is 10.0 Å². The average molecular weight is 221 g/mol. The van der Waals surface area contributed by atoms with Gasteiger partial charge in [-0.25, -0.2) is 9.78 Å². The molecular formula is C7H9ClN2O2S. The number of nitrogens with one attached hydrogen (secondary N) is 1. The molecule has 2 N–H and O–H groups in total. The van der Waals surface area contributed by atoms with E-state index in [0.29, 0.717) is 5.13 Å². The number of carbonyl (C=O) groups is 1. The second-order valence-electron chi connectivity index (χ2n) is 2.37. The molecule has 1 aromatic heterocycles. The summed E-state index contributed by atoms with van der Waals surface area (Å²) in [5, 5.41) is 12.2. The Hall–Kier alpha value is -0.810. The molecule has 0 saturated carbocycles. The van der Waals surface area contributed by atoms with Crippen molar-refractivity contribution < 1.29 is 9.90 Å². The third-order valence-electron chi connectivity index (χ3n) is 1.31. The molecule has 0 saturated heterocycles. The second kappa shape index (κ2) is 4.43. The highest BCUT2D eigenvalue weighted by atomic mass is 35.5. The van der Waals surface area contributed by atoms with Crippen LogP contribution in [-0.4, -0.2) is 22.6 Å². The minimum Gasteiger partial charge on any atom is -0.477 e. The van der Waals surface area contributed by atoms with E-state index in [1.807, 2.05) is 6.92 Å². The summed E-state index contributed by atoms with van der Waals surface area (Å²) in [5.41, 5.74) is 0. The van der Waals surface area contributed by atoms with Crippen LogP contribution < -0.4 is 5.32 Å². The van der Waals surface area contributed by atoms with E-state index < -0.39 is 5.97 Å². The fourth-order valence-electron chi connectivity index (χ4n) is 0.741. The highest BCUT2D eigenvalue weighted by molar-refractivity contribution is 7.17. The SMILES string of the molecule is CCCNc1nc(Cl)c(C(=O)O)s1. The van der Waals surface area contributed by atoms with Crippen molar-refractivity contribution in [2.24, 2.45) is 0 Å². The van der Waals surface area contributed by atoms with Crippen molar-refractivity contribution in [3.63, 3.8) is 0 Å². The number of halogens is 1. The molecule has 1 rings (SSSR count). The Morgan fingerprint density at radius 2 is 2.46 bits per heavy atom. The standard InChI is InChI=1S/C7H9ClN2O2S/c1-2-3-9-7-10-5(8)4(13-7)6(11)12/h2-3H2,1H3,(H,9,10)(H,11,12). The number of hydrogen-bond acceptors (Lipinski definition) is 4. The van der Waals surface area contributed by atoms with Gasteiger partial charge < -0.3 is 10.4 Å². The van der Waals surface area contributed by atoms with Gasteiger partial charge in [0.15, 0.2) is 15.2 Å². The molecule has 0 radical (unpaired) electrons. The third-order valence-corrected chi connectivity index (χ3v) is 2.69. The molecule has 13 heavy (non-hydrogen) atoms. The van der Waals surface area contributed by atoms with Gasteiger partial charge in [0.05, 0.1) is 0 Å². The number of carboxylic acid groups (broad SMARTS) is 1. The monoisotopic (exact) mass is 220 g/mol. The van der Waals surface area contributed by atoms with Crippen molar-refractivity contribution in [2.45, 2.75) is 13.3 Å². The Bertz CT molecular complexity index is 313. The van der Waals surface area contributed by atoms with E-state index in [1.54, 1.807) is 0 Å². The van der Waals surface area contributed by atoms with Gasteiger partial charge in [0, 0.05) is 6.54 Å². The Morgan fingerprint density at radius 1 is 1.77 bits per heavy atom. The zero-order valence-corrected chi connectivity index (χ0v) is 8.58. The van der Waals surface area contributed by atoms with Gasteiger partial charge in [-0.05, 0) is 6.42 Å². The highest BCUT2D eigenvalue weighted by Gasteiger charge is 2.14. The van der Waals surface area contributed by atoms with Crippen LogP contribution in [0.25, 0.3) is 0 Å². The van der Waals surface area contributed by atoms with Gasteiger partial charge in [-0.3, -0.25) is 0 Å². The van der Waals surface area contributed by atoms with E-state index in [2.05, 4.69) is 10.3 Å². The van der Waals surface area contributed by atoms with Gasteiger partial charge in [-0.2, -0.15) is 0 Å². The predicted molar refractivity (Wildman–Crippen MR) is 52.9 cm³/mol. The average Bonchev–Trinajstić information content (AvgIpc) is 2.43. The molecule has 0 atom stereocenters. The summed E-state index contributed by atoms with van der Waals surface area (Å²) < 4.78 is 0. The van der Waals surface area contributed by atoms with E-state index in [0.717, 1.165) is 24.3 Å². The minimum atomic E-state index is -1.04. The lowest BCUT2D eigenvalue weighted by molar-refractivity contribution is 0.0702. The number of anilines is 1. The maximum Gasteiger partial charge on any atom is 0.349 e. The van der Waals surface area contributed by atoms with Crippen molar-refractivity contribution in [3.8, 4) is 0 Å². The largest absolute Gasteiger partial charge is 0.477 e. The van der Waals surface area contributed by atoms with Gasteiger partial charge in [0.2, 0.25) is 0 Å². The van der Waals surface area contributed by atoms with E-state index in [9.17, 15) is 4.79 Å². The molecule has 0 unspecified atom stereocenters. The summed E-state index contributed by atoms with van der Waals surface area (Å²) in [6.07, 6.45) is 0.958. The summed E-state index contributed by atoms with van der Waals surface area (Å²) in [5.74, 6) is -1.04. The van der Waals surface area contributed by atoms with E-state index in [4.69, 9.17) is 16.7 Å². The Kier molecular flexibility index (Phi) is 3.50. The van der Waals surface area contributed by atoms with Crippen LogP contribution in [0.2, 0.25) is 5.15 Å². The fraction of sp³-hybridized carbons (Fsp3) is 0.429. The van der Waals surface area contributed by atoms with Crippen LogP contribution in [-0.2, 0) is 0 Å². The highest BCUT2D eigenvalue weighted by Crippen LogP contribution is 2.26. The first-order chi connectivity index (χ1) is 6.15. The topological polar surface area (TPSA) is 62.2 Å². The lowest BCUT2D eigenvalue weighted by Crippen LogP contribution is -1.98. The van der Waals surface area contributed by atoms with Gasteiger partial charge >= 0.3 is 5.97 Å². The van der Waals surface area contributed by atoms with Crippen LogP contribution in [0.15, 0.2) is 0 Å². The fourth-order valence-corrected chi connectivity index (χ4v) is 1.79. The third kappa shape index (κ3) is 2.57. The van der Waals surface area contributed by atoms with Crippen molar-refractivity contribution in [1.29, 1.82) is 0 Å². The van der Waals surface area contributed by atoms with Crippen molar-refractivity contribution in [1.82, 2.24) is 4.98 Å². The van der Waals surface area contributed by atoms with Crippen molar-refractivity contribution in [2.75, 3.05) is 11.9 Å². The molecule has 0 aliphatic rings. The Labute approximate surface area is 84.6 Å². The summed E-state index contributed by atoms with van der Waals surface area (Å²) in [6.45, 7) is 2.78. The molecule has 0 spiro atoms. The molecule has 0 aliphatic heterocycles. The zero-order chi connectivity index (χ0) is 9.84. The number of hydrogen-bond donors (Lipinski definition) is 2. The number of aromatic carboxylic acids is 1. The van der Waals surface area contributed by atoms with Gasteiger partial charge in [-0.1, -0.05) is 29.9 Å². The number of thiazole rings is 1. The molecule has 4 nitrogen and oxygen atoms in total. The number of rotatable bonds is 4. The molecule has 0 aliphatic carbocycles. The van der Waals surface area contributed by atoms with Crippen molar-refractivity contribution in [3.05, 3.63) is 10.0 Å². The maximum absolute atomic E-state index is 10.6. The predicted octanol–water partition coefficient (Wildman–Crippen LogP) is 2.32. The van der Waals surface area contributed by atoms with Crippen LogP contribution >= 0.6 is 22.9 Å². The van der Waals surface area contributed by atoms with E-state index >= 15 is 0 Å². The quantitative estimate of drug-likeness (QED) is 0.818. The lowest BCUT2D eigenvalue weighted by atomic mass is 10.5. The zero-order valence-electron chi connectivity index (χ0n) is 7.00. The molecular weight excluding hydrogens is 212 g/mol. The molecule has 0 aromatic carbocycles. The van der Waals surface area contributed by atoms with Crippen LogP contribution in [0.5, 0.6) is 0 Å². The van der Waals surface area contributed by atoms with Gasteiger partial charge in [0.25, 0.3) is 0 Å². The number of carboxylic acids is 1. The molecule has 1 aromatic rings. The molecule has 6 heteroatoms. The number of nitrogens with zero attached hydrogens (tertiary/aromatic N) is 1. The molecule has 0 bridgehead atoms. The van der Waals surface area contributed by atoms with Crippen LogP contribution in [0.4, 0.5) is 5.13 Å². The maximum atomic E-state index is 10.6. The summed E-state index contributed by atoms with van der Waals surface area (Å²) in [7, 11) is 0. The molecule has 0 fully saturated rings. The lowest BCUT2D eigenvalue weighted by Gasteiger charge is -1.95. The first-order valence-corrected chi connectivity index (χ1v) is 4.98. The minimum absolute atomic E-state index is 0.0519. The normalized spacial score (nSPS) is 10.0. The Morgan fingerprint density at radius 3 is 2.92 bits per heavy atom. The van der Waals surface area contributed by atoms with Gasteiger partial charge in [-0.15, -0.1) is 0 Å². The van der Waals surface area contributed by atoms with Crippen LogP contribution in [0, 0.1) is 0 Å². The summed E-state index contributed by atoms with van der Waals surface area (Å²) >= 11 is 6.65. The Balaban J connectivity index is 2.76. The van der Waals surface area contributed by atoms with E-state index in [1.165, 1.54) is 0 Å². The summed E-state index contributed by atoms with van der Waals surface area (Å²) in [4.78, 5) is 14.5. The molecule has 72 valence electrons.